The molecule has 1 aliphatic heterocycles. The average molecular weight is 426 g/mol. The first kappa shape index (κ1) is 22.4. The second kappa shape index (κ2) is 10.2. The Labute approximate surface area is 181 Å². The molecule has 2 aromatic rings. The fraction of sp³-hybridized carbons (Fsp3) is 0.348. The summed E-state index contributed by atoms with van der Waals surface area (Å²) >= 11 is 0. The van der Waals surface area contributed by atoms with E-state index in [-0.39, 0.29) is 36.5 Å². The number of ether oxygens (including phenoxy) is 1. The van der Waals surface area contributed by atoms with Gasteiger partial charge in [-0.1, -0.05) is 30.3 Å². The third-order valence-electron chi connectivity index (χ3n) is 5.09. The van der Waals surface area contributed by atoms with Crippen molar-refractivity contribution in [3.8, 4) is 0 Å². The molecule has 8 heteroatoms. The van der Waals surface area contributed by atoms with Crippen LogP contribution in [0.5, 0.6) is 0 Å². The summed E-state index contributed by atoms with van der Waals surface area (Å²) in [6.45, 7) is 2.29. The zero-order valence-corrected chi connectivity index (χ0v) is 17.9. The second-order valence-corrected chi connectivity index (χ2v) is 7.44. The van der Waals surface area contributed by atoms with Gasteiger partial charge in [0.05, 0.1) is 18.3 Å². The Bertz CT molecular complexity index is 932. The van der Waals surface area contributed by atoms with Crippen LogP contribution in [0.15, 0.2) is 59.7 Å². The Morgan fingerprint density at radius 1 is 1.19 bits per heavy atom. The average Bonchev–Trinajstić information content (AvgIpc) is 3.21. The molecule has 0 aromatic heterocycles. The lowest BCUT2D eigenvalue weighted by molar-refractivity contribution is -0.135. The van der Waals surface area contributed by atoms with Crippen LogP contribution in [0.4, 0.5) is 10.1 Å². The molecular weight excluding hydrogens is 399 g/mol. The first-order chi connectivity index (χ1) is 14.9. The van der Waals surface area contributed by atoms with E-state index in [1.54, 1.807) is 24.1 Å². The Balaban J connectivity index is 1.75. The van der Waals surface area contributed by atoms with E-state index in [1.807, 2.05) is 49.3 Å². The van der Waals surface area contributed by atoms with Gasteiger partial charge in [-0.05, 0) is 50.8 Å². The number of carbonyl (C=O) groups excluding carboxylic acids is 2. The molecule has 31 heavy (non-hydrogen) atoms. The number of hydrogen-bond acceptors (Lipinski definition) is 6. The normalized spacial score (nSPS) is 16.7. The van der Waals surface area contributed by atoms with E-state index in [1.165, 1.54) is 12.1 Å². The van der Waals surface area contributed by atoms with Gasteiger partial charge >= 0.3 is 5.97 Å². The number of amides is 1. The van der Waals surface area contributed by atoms with Gasteiger partial charge in [-0.3, -0.25) is 9.80 Å². The molecular formula is C23H27FN4O3. The number of nitrogens with one attached hydrogen (secondary N) is 1. The van der Waals surface area contributed by atoms with E-state index in [2.05, 4.69) is 10.4 Å². The van der Waals surface area contributed by atoms with Crippen molar-refractivity contribution in [3.63, 3.8) is 0 Å². The van der Waals surface area contributed by atoms with Gasteiger partial charge in [-0.25, -0.2) is 9.18 Å². The van der Waals surface area contributed by atoms with Crippen LogP contribution in [-0.4, -0.2) is 55.8 Å². The van der Waals surface area contributed by atoms with Crippen LogP contribution in [0, 0.1) is 5.82 Å². The summed E-state index contributed by atoms with van der Waals surface area (Å²) in [7, 11) is 3.79. The molecule has 0 spiro atoms. The molecule has 1 aliphatic rings. The molecule has 0 saturated carbocycles. The molecule has 7 nitrogen and oxygen atoms in total. The van der Waals surface area contributed by atoms with Crippen molar-refractivity contribution < 1.29 is 18.7 Å². The molecule has 1 heterocycles. The topological polar surface area (TPSA) is 74.2 Å². The smallest absolute Gasteiger partial charge is 0.354 e. The number of hydrazone groups is 1. The number of hydrogen-bond donors (Lipinski definition) is 1. The van der Waals surface area contributed by atoms with Crippen LogP contribution in [0.1, 0.15) is 24.9 Å². The molecule has 2 unspecified atom stereocenters. The quantitative estimate of drug-likeness (QED) is 0.657. The maximum absolute atomic E-state index is 13.3. The van der Waals surface area contributed by atoms with Crippen LogP contribution in [0.25, 0.3) is 0 Å². The van der Waals surface area contributed by atoms with Crippen molar-refractivity contribution >= 4 is 23.3 Å². The zero-order valence-electron chi connectivity index (χ0n) is 17.9. The van der Waals surface area contributed by atoms with E-state index in [4.69, 9.17) is 4.74 Å². The van der Waals surface area contributed by atoms with Gasteiger partial charge in [-0.15, -0.1) is 0 Å². The summed E-state index contributed by atoms with van der Waals surface area (Å²) in [5.74, 6) is -1.07. The molecule has 2 atom stereocenters. The molecule has 0 aliphatic carbocycles. The predicted octanol–water partition coefficient (Wildman–Crippen LogP) is 2.74. The molecule has 1 amide bonds. The van der Waals surface area contributed by atoms with Gasteiger partial charge in [0.1, 0.15) is 17.6 Å². The molecule has 1 N–H and O–H groups in total. The minimum atomic E-state index is -0.669. The van der Waals surface area contributed by atoms with Gasteiger partial charge in [-0.2, -0.15) is 5.10 Å². The monoisotopic (exact) mass is 426 g/mol. The summed E-state index contributed by atoms with van der Waals surface area (Å²) < 4.78 is 18.4. The van der Waals surface area contributed by atoms with Crippen molar-refractivity contribution in [2.45, 2.75) is 25.4 Å². The first-order valence-corrected chi connectivity index (χ1v) is 10.2. The van der Waals surface area contributed by atoms with Crippen LogP contribution < -0.4 is 10.3 Å². The Hall–Kier alpha value is -3.26. The fourth-order valence-corrected chi connectivity index (χ4v) is 3.47. The fourth-order valence-electron chi connectivity index (χ4n) is 3.47. The van der Waals surface area contributed by atoms with Gasteiger partial charge in [0.15, 0.2) is 0 Å². The van der Waals surface area contributed by atoms with E-state index < -0.39 is 12.0 Å². The number of carbonyl (C=O) groups is 2. The highest BCUT2D eigenvalue weighted by Crippen LogP contribution is 2.25. The number of benzene rings is 2. The van der Waals surface area contributed by atoms with Crippen LogP contribution in [0.2, 0.25) is 0 Å². The highest BCUT2D eigenvalue weighted by Gasteiger charge is 2.37. The van der Waals surface area contributed by atoms with E-state index >= 15 is 0 Å². The maximum Gasteiger partial charge on any atom is 0.354 e. The van der Waals surface area contributed by atoms with Crippen molar-refractivity contribution in [2.24, 2.45) is 5.10 Å². The van der Waals surface area contributed by atoms with Gasteiger partial charge in [0.2, 0.25) is 5.91 Å². The standard InChI is InChI=1S/C23H27FN4O3/c1-4-31-23(30)19-14-20(28(26-19)18-8-6-5-7-9-18)22(29)25-15-21(27(2)3)16-10-12-17(24)13-11-16/h5-13,20-21H,4,14-15H2,1-3H3,(H,25,29). The number of nitrogens with zero attached hydrogens (tertiary/aromatic N) is 3. The third-order valence-corrected chi connectivity index (χ3v) is 5.09. The SMILES string of the molecule is CCOC(=O)C1=NN(c2ccccc2)C(C(=O)NCC(c2ccc(F)cc2)N(C)C)C1. The molecule has 0 bridgehead atoms. The third kappa shape index (κ3) is 5.46. The Morgan fingerprint density at radius 3 is 2.48 bits per heavy atom. The molecule has 0 fully saturated rings. The van der Waals surface area contributed by atoms with Crippen molar-refractivity contribution in [1.29, 1.82) is 0 Å². The number of halogens is 1. The second-order valence-electron chi connectivity index (χ2n) is 7.44. The first-order valence-electron chi connectivity index (χ1n) is 10.2. The minimum absolute atomic E-state index is 0.137. The summed E-state index contributed by atoms with van der Waals surface area (Å²) in [6, 6.07) is 14.6. The lowest BCUT2D eigenvalue weighted by Crippen LogP contribution is -2.45. The van der Waals surface area contributed by atoms with Gasteiger partial charge in [0, 0.05) is 13.0 Å². The minimum Gasteiger partial charge on any atom is -0.461 e. The lowest BCUT2D eigenvalue weighted by atomic mass is 10.1. The molecule has 0 radical (unpaired) electrons. The van der Waals surface area contributed by atoms with E-state index in [9.17, 15) is 14.0 Å². The highest BCUT2D eigenvalue weighted by atomic mass is 19.1. The van der Waals surface area contributed by atoms with E-state index in [0.717, 1.165) is 5.56 Å². The summed E-state index contributed by atoms with van der Waals surface area (Å²) in [4.78, 5) is 27.3. The number of esters is 1. The molecule has 164 valence electrons. The Kier molecular flexibility index (Phi) is 7.36. The van der Waals surface area contributed by atoms with Crippen LogP contribution in [0.3, 0.4) is 0 Å². The Morgan fingerprint density at radius 2 is 1.87 bits per heavy atom. The van der Waals surface area contributed by atoms with Crippen LogP contribution in [-0.2, 0) is 14.3 Å². The summed E-state index contributed by atoms with van der Waals surface area (Å²) in [6.07, 6.45) is 0.155. The molecule has 0 saturated heterocycles. The van der Waals surface area contributed by atoms with Gasteiger partial charge < -0.3 is 15.0 Å². The van der Waals surface area contributed by atoms with Crippen molar-refractivity contribution in [1.82, 2.24) is 10.2 Å². The highest BCUT2D eigenvalue weighted by molar-refractivity contribution is 6.38. The number of anilines is 1. The maximum atomic E-state index is 13.3. The zero-order chi connectivity index (χ0) is 22.4. The summed E-state index contributed by atoms with van der Waals surface area (Å²) in [5, 5.41) is 8.90. The molecule has 3 rings (SSSR count). The number of para-hydroxylation sites is 1. The van der Waals surface area contributed by atoms with Crippen molar-refractivity contribution in [2.75, 3.05) is 32.3 Å². The number of rotatable bonds is 8. The molecule has 2 aromatic carbocycles. The lowest BCUT2D eigenvalue weighted by Gasteiger charge is -2.27. The van der Waals surface area contributed by atoms with Gasteiger partial charge in [0.25, 0.3) is 0 Å². The predicted molar refractivity (Wildman–Crippen MR) is 117 cm³/mol. The van der Waals surface area contributed by atoms with Crippen molar-refractivity contribution in [3.05, 3.63) is 66.0 Å². The van der Waals surface area contributed by atoms with E-state index in [0.29, 0.717) is 12.2 Å². The largest absolute Gasteiger partial charge is 0.461 e. The summed E-state index contributed by atoms with van der Waals surface area (Å²) in [5.41, 5.74) is 1.82. The number of likely N-dealkylation sites (N-methyl/N-ethyl adjacent to an activating group) is 1. The van der Waals surface area contributed by atoms with Crippen LogP contribution >= 0.6 is 0 Å².